The van der Waals surface area contributed by atoms with E-state index < -0.39 is 11.7 Å². The van der Waals surface area contributed by atoms with E-state index in [9.17, 15) is 9.18 Å². The highest BCUT2D eigenvalue weighted by Crippen LogP contribution is 2.34. The molecule has 2 N–H and O–H groups in total. The van der Waals surface area contributed by atoms with E-state index in [1.165, 1.54) is 42.6 Å². The van der Waals surface area contributed by atoms with Crippen LogP contribution in [0.4, 0.5) is 21.8 Å². The number of ether oxygens (including phenoxy) is 2. The first-order valence-electron chi connectivity index (χ1n) is 11.2. The molecule has 0 aliphatic carbocycles. The molecule has 1 aliphatic heterocycles. The molecular formula is C25H27ClFN5O3. The zero-order valence-electron chi connectivity index (χ0n) is 20.0. The van der Waals surface area contributed by atoms with Gasteiger partial charge in [-0.1, -0.05) is 17.7 Å². The topological polar surface area (TPSA) is 88.6 Å². The van der Waals surface area contributed by atoms with Crippen LogP contribution in [-0.2, 0) is 13.0 Å². The summed E-state index contributed by atoms with van der Waals surface area (Å²) < 4.78 is 25.0. The molecule has 0 saturated heterocycles. The monoisotopic (exact) mass is 499 g/mol. The molecule has 0 radical (unpaired) electrons. The number of hydrogen-bond donors (Lipinski definition) is 2. The molecule has 10 heteroatoms. The van der Waals surface area contributed by atoms with Gasteiger partial charge in [0.15, 0.2) is 5.82 Å². The largest absolute Gasteiger partial charge is 0.496 e. The van der Waals surface area contributed by atoms with Crippen molar-refractivity contribution in [3.05, 3.63) is 64.1 Å². The Balaban J connectivity index is 1.59. The molecule has 1 aliphatic rings. The van der Waals surface area contributed by atoms with Crippen molar-refractivity contribution in [2.45, 2.75) is 32.9 Å². The second kappa shape index (κ2) is 10.5. The van der Waals surface area contributed by atoms with Crippen molar-refractivity contribution in [3.63, 3.8) is 0 Å². The number of aromatic nitrogens is 2. The number of carbonyl (C=O) groups is 1. The quantitative estimate of drug-likeness (QED) is 0.470. The lowest BCUT2D eigenvalue weighted by molar-refractivity contribution is 0.101. The minimum absolute atomic E-state index is 0.0315. The van der Waals surface area contributed by atoms with Gasteiger partial charge in [0, 0.05) is 19.1 Å². The Morgan fingerprint density at radius 1 is 1.17 bits per heavy atom. The first-order chi connectivity index (χ1) is 16.8. The number of benzene rings is 2. The van der Waals surface area contributed by atoms with Crippen LogP contribution in [0.25, 0.3) is 0 Å². The second-order valence-electron chi connectivity index (χ2n) is 8.42. The highest BCUT2D eigenvalue weighted by atomic mass is 35.5. The summed E-state index contributed by atoms with van der Waals surface area (Å²) in [5.74, 6) is -0.491. The van der Waals surface area contributed by atoms with Gasteiger partial charge in [0.05, 0.1) is 26.1 Å². The van der Waals surface area contributed by atoms with E-state index in [-0.39, 0.29) is 28.1 Å². The third-order valence-electron chi connectivity index (χ3n) is 5.94. The van der Waals surface area contributed by atoms with Crippen molar-refractivity contribution in [1.82, 2.24) is 14.9 Å². The summed E-state index contributed by atoms with van der Waals surface area (Å²) in [5.41, 5.74) is 2.89. The Hall–Kier alpha value is -3.43. The van der Waals surface area contributed by atoms with Crippen molar-refractivity contribution in [1.29, 1.82) is 0 Å². The van der Waals surface area contributed by atoms with Crippen molar-refractivity contribution < 1.29 is 18.7 Å². The molecule has 0 fully saturated rings. The number of methoxy groups -OCH3 is 2. The molecule has 2 heterocycles. The van der Waals surface area contributed by atoms with Crippen LogP contribution < -0.4 is 20.1 Å². The van der Waals surface area contributed by atoms with Gasteiger partial charge in [-0.2, -0.15) is 4.98 Å². The summed E-state index contributed by atoms with van der Waals surface area (Å²) >= 11 is 6.21. The average molecular weight is 500 g/mol. The predicted octanol–water partition coefficient (Wildman–Crippen LogP) is 5.05. The van der Waals surface area contributed by atoms with Gasteiger partial charge in [-0.3, -0.25) is 9.69 Å². The molecule has 0 spiro atoms. The second-order valence-corrected chi connectivity index (χ2v) is 8.83. The first kappa shape index (κ1) is 24.7. The number of amides is 1. The van der Waals surface area contributed by atoms with E-state index in [1.54, 1.807) is 7.11 Å². The molecule has 4 rings (SSSR count). The fourth-order valence-corrected chi connectivity index (χ4v) is 4.15. The first-order valence-corrected chi connectivity index (χ1v) is 11.6. The van der Waals surface area contributed by atoms with E-state index in [4.69, 9.17) is 21.1 Å². The Labute approximate surface area is 208 Å². The number of halogens is 2. The summed E-state index contributed by atoms with van der Waals surface area (Å²) in [6.45, 7) is 6.21. The van der Waals surface area contributed by atoms with E-state index >= 15 is 0 Å². The molecule has 184 valence electrons. The normalized spacial score (nSPS) is 13.3. The maximum absolute atomic E-state index is 14.3. The van der Waals surface area contributed by atoms with E-state index in [0.29, 0.717) is 17.5 Å². The van der Waals surface area contributed by atoms with Gasteiger partial charge in [-0.15, -0.1) is 0 Å². The lowest BCUT2D eigenvalue weighted by Crippen LogP contribution is -2.35. The smallest absolute Gasteiger partial charge is 0.263 e. The third kappa shape index (κ3) is 5.31. The highest BCUT2D eigenvalue weighted by Gasteiger charge is 2.22. The van der Waals surface area contributed by atoms with Gasteiger partial charge < -0.3 is 20.1 Å². The lowest BCUT2D eigenvalue weighted by Gasteiger charge is -2.32. The van der Waals surface area contributed by atoms with Crippen LogP contribution in [-0.4, -0.2) is 47.6 Å². The zero-order valence-corrected chi connectivity index (χ0v) is 20.7. The summed E-state index contributed by atoms with van der Waals surface area (Å²) in [4.78, 5) is 23.7. The van der Waals surface area contributed by atoms with Crippen LogP contribution in [0.5, 0.6) is 11.5 Å². The van der Waals surface area contributed by atoms with Crippen molar-refractivity contribution in [2.24, 2.45) is 0 Å². The predicted molar refractivity (Wildman–Crippen MR) is 133 cm³/mol. The van der Waals surface area contributed by atoms with Gasteiger partial charge in [0.2, 0.25) is 5.95 Å². The van der Waals surface area contributed by atoms with Crippen LogP contribution in [0.3, 0.4) is 0 Å². The summed E-state index contributed by atoms with van der Waals surface area (Å²) in [6, 6.07) is 8.65. The number of hydrogen-bond acceptors (Lipinski definition) is 7. The number of rotatable bonds is 7. The minimum atomic E-state index is -0.743. The van der Waals surface area contributed by atoms with Crippen LogP contribution in [0.1, 0.15) is 35.3 Å². The Morgan fingerprint density at radius 3 is 2.66 bits per heavy atom. The molecule has 1 aromatic heterocycles. The summed E-state index contributed by atoms with van der Waals surface area (Å²) in [5, 5.41) is 5.80. The Bertz CT molecular complexity index is 1250. The molecule has 0 bridgehead atoms. The van der Waals surface area contributed by atoms with E-state index in [2.05, 4.69) is 39.3 Å². The fourth-order valence-electron chi connectivity index (χ4n) is 4.02. The maximum Gasteiger partial charge on any atom is 0.263 e. The van der Waals surface area contributed by atoms with E-state index in [1.807, 2.05) is 12.1 Å². The van der Waals surface area contributed by atoms with E-state index in [0.717, 1.165) is 19.5 Å². The van der Waals surface area contributed by atoms with Crippen molar-refractivity contribution >= 4 is 35.0 Å². The van der Waals surface area contributed by atoms with Gasteiger partial charge in [-0.05, 0) is 55.7 Å². The zero-order chi connectivity index (χ0) is 25.1. The number of nitrogens with zero attached hydrogens (tertiary/aromatic N) is 3. The third-order valence-corrected chi connectivity index (χ3v) is 6.22. The van der Waals surface area contributed by atoms with Crippen LogP contribution in [0, 0.1) is 5.82 Å². The summed E-state index contributed by atoms with van der Waals surface area (Å²) in [6.07, 6.45) is 2.27. The standard InChI is InChI=1S/C25H27ClFN5O3/c1-14(2)32-9-8-15-10-19(21(35-4)11-16(15)13-32)29-25-28-12-17(26)23(31-25)30-24(33)22-18(27)6-5-7-20(22)34-3/h5-7,10-12,14H,8-9,13H2,1-4H3,(H2,28,29,30,31,33). The molecule has 35 heavy (non-hydrogen) atoms. The van der Waals surface area contributed by atoms with Crippen LogP contribution in [0.2, 0.25) is 5.02 Å². The number of nitrogens with one attached hydrogen (secondary N) is 2. The highest BCUT2D eigenvalue weighted by molar-refractivity contribution is 6.33. The number of carbonyl (C=O) groups excluding carboxylic acids is 1. The van der Waals surface area contributed by atoms with Crippen LogP contribution in [0.15, 0.2) is 36.5 Å². The molecule has 8 nitrogen and oxygen atoms in total. The molecule has 0 atom stereocenters. The molecular weight excluding hydrogens is 473 g/mol. The SMILES string of the molecule is COc1cc2c(cc1Nc1ncc(Cl)c(NC(=O)c3c(F)cccc3OC)n1)CCN(C(C)C)C2. The Kier molecular flexibility index (Phi) is 7.37. The fraction of sp³-hybridized carbons (Fsp3) is 0.320. The lowest BCUT2D eigenvalue weighted by atomic mass is 9.97. The van der Waals surface area contributed by atoms with Gasteiger partial charge >= 0.3 is 0 Å². The van der Waals surface area contributed by atoms with Gasteiger partial charge in [0.25, 0.3) is 5.91 Å². The average Bonchev–Trinajstić information content (AvgIpc) is 2.84. The molecule has 0 saturated carbocycles. The minimum Gasteiger partial charge on any atom is -0.496 e. The maximum atomic E-state index is 14.3. The number of anilines is 3. The van der Waals surface area contributed by atoms with Crippen molar-refractivity contribution in [2.75, 3.05) is 31.4 Å². The molecule has 2 aromatic carbocycles. The number of fused-ring (bicyclic) bond motifs is 1. The summed E-state index contributed by atoms with van der Waals surface area (Å²) in [7, 11) is 2.96. The Morgan fingerprint density at radius 2 is 1.94 bits per heavy atom. The van der Waals surface area contributed by atoms with Gasteiger partial charge in [-0.25, -0.2) is 9.37 Å². The van der Waals surface area contributed by atoms with Crippen LogP contribution >= 0.6 is 11.6 Å². The molecule has 0 unspecified atom stereocenters. The molecule has 3 aromatic rings. The van der Waals surface area contributed by atoms with Gasteiger partial charge in [0.1, 0.15) is 27.9 Å². The van der Waals surface area contributed by atoms with Crippen molar-refractivity contribution in [3.8, 4) is 11.5 Å². The molecule has 1 amide bonds.